The summed E-state index contributed by atoms with van der Waals surface area (Å²) < 4.78 is 47.0. The number of pyridine rings is 1. The summed E-state index contributed by atoms with van der Waals surface area (Å²) in [5.41, 5.74) is 0.561. The Morgan fingerprint density at radius 1 is 1.23 bits per heavy atom. The molecule has 1 aromatic heterocycles. The molecule has 35 heavy (non-hydrogen) atoms. The van der Waals surface area contributed by atoms with Crippen molar-refractivity contribution in [3.63, 3.8) is 0 Å². The first kappa shape index (κ1) is 29.9. The van der Waals surface area contributed by atoms with Crippen LogP contribution < -0.4 is 4.74 Å². The first-order valence-corrected chi connectivity index (χ1v) is 11.9. The number of hydrogen-bond acceptors (Lipinski definition) is 4. The van der Waals surface area contributed by atoms with Crippen molar-refractivity contribution in [2.24, 2.45) is 4.99 Å². The van der Waals surface area contributed by atoms with Crippen molar-refractivity contribution in [1.82, 2.24) is 9.88 Å². The number of carbonyl (C=O) groups excluding carboxylic acids is 1. The quantitative estimate of drug-likeness (QED) is 0.336. The zero-order valence-electron chi connectivity index (χ0n) is 21.6. The lowest BCUT2D eigenvalue weighted by molar-refractivity contribution is 0.0169. The Labute approximate surface area is 206 Å². The first-order chi connectivity index (χ1) is 16.6. The van der Waals surface area contributed by atoms with E-state index in [1.807, 2.05) is 33.8 Å². The summed E-state index contributed by atoms with van der Waals surface area (Å²) in [5.74, 6) is -3.69. The summed E-state index contributed by atoms with van der Waals surface area (Å²) in [6.45, 7) is 12.5. The Morgan fingerprint density at radius 2 is 1.91 bits per heavy atom. The molecule has 1 aromatic carbocycles. The number of likely N-dealkylation sites (N-methyl/N-ethyl adjacent to an activating group) is 1. The number of nitrogens with zero attached hydrogens (tertiary/aromatic N) is 3. The van der Waals surface area contributed by atoms with Gasteiger partial charge in [-0.1, -0.05) is 32.9 Å². The number of allylic oxidation sites excluding steroid dienone is 1. The molecule has 0 aliphatic rings. The van der Waals surface area contributed by atoms with E-state index in [4.69, 9.17) is 4.74 Å². The monoisotopic (exact) mass is 491 g/mol. The van der Waals surface area contributed by atoms with E-state index in [1.165, 1.54) is 24.3 Å². The highest BCUT2D eigenvalue weighted by atomic mass is 19.3. The van der Waals surface area contributed by atoms with Crippen LogP contribution in [0.3, 0.4) is 0 Å². The molecule has 0 N–H and O–H groups in total. The fourth-order valence-corrected chi connectivity index (χ4v) is 3.24. The number of halogens is 3. The number of carbonyl (C=O) groups is 1. The summed E-state index contributed by atoms with van der Waals surface area (Å²) in [6.07, 6.45) is 5.29. The van der Waals surface area contributed by atoms with Crippen LogP contribution in [0.5, 0.6) is 5.88 Å². The molecule has 0 aliphatic carbocycles. The maximum Gasteiger partial charge on any atom is 0.272 e. The number of aromatic nitrogens is 1. The average Bonchev–Trinajstić information content (AvgIpc) is 2.84. The van der Waals surface area contributed by atoms with Crippen molar-refractivity contribution in [3.05, 3.63) is 71.3 Å². The van der Waals surface area contributed by atoms with E-state index in [0.717, 1.165) is 19.5 Å². The Bertz CT molecular complexity index is 1000. The van der Waals surface area contributed by atoms with Crippen LogP contribution in [0.1, 0.15) is 76.4 Å². The van der Waals surface area contributed by atoms with Crippen LogP contribution in [0.2, 0.25) is 0 Å². The predicted molar refractivity (Wildman–Crippen MR) is 135 cm³/mol. The standard InChI is InChI=1S/C25H30F3N3O2.C2H6/c1-6-8-14-29-18(4)23-20(10-9-11-21(23)26)24(32)31(7-2)17(3)16-33-22-13-12-19(15-30-22)25(5,27)28;1-2/h8-15,17H,6-7,16H2,1-5H3;1-2H3/b14-8-,29-18?;/t17-;/m0./s1. The molecular weight excluding hydrogens is 455 g/mol. The van der Waals surface area contributed by atoms with Gasteiger partial charge >= 0.3 is 0 Å². The Balaban J connectivity index is 0.00000298. The lowest BCUT2D eigenvalue weighted by atomic mass is 10.0. The van der Waals surface area contributed by atoms with Gasteiger partial charge in [0.25, 0.3) is 11.8 Å². The third kappa shape index (κ3) is 8.53. The zero-order chi connectivity index (χ0) is 26.6. The van der Waals surface area contributed by atoms with Gasteiger partial charge in [0.1, 0.15) is 12.4 Å². The Morgan fingerprint density at radius 3 is 2.46 bits per heavy atom. The Hall–Kier alpha value is -3.16. The highest BCUT2D eigenvalue weighted by molar-refractivity contribution is 6.09. The summed E-state index contributed by atoms with van der Waals surface area (Å²) >= 11 is 0. The molecule has 0 bridgehead atoms. The molecule has 0 unspecified atom stereocenters. The van der Waals surface area contributed by atoms with Gasteiger partial charge in [-0.25, -0.2) is 18.2 Å². The van der Waals surface area contributed by atoms with E-state index >= 15 is 0 Å². The molecular formula is C27H36F3N3O2. The summed E-state index contributed by atoms with van der Waals surface area (Å²) in [5, 5.41) is 0. The van der Waals surface area contributed by atoms with Crippen molar-refractivity contribution < 1.29 is 22.7 Å². The van der Waals surface area contributed by atoms with Gasteiger partial charge in [0, 0.05) is 48.8 Å². The van der Waals surface area contributed by atoms with E-state index in [0.29, 0.717) is 12.3 Å². The van der Waals surface area contributed by atoms with Gasteiger partial charge in [-0.3, -0.25) is 9.79 Å². The fourth-order valence-electron chi connectivity index (χ4n) is 3.24. The van der Waals surface area contributed by atoms with E-state index in [1.54, 1.807) is 31.0 Å². The van der Waals surface area contributed by atoms with Crippen LogP contribution in [0.15, 0.2) is 53.8 Å². The number of hydrogen-bond donors (Lipinski definition) is 0. The number of ether oxygens (including phenoxy) is 1. The molecule has 1 atom stereocenters. The van der Waals surface area contributed by atoms with E-state index in [-0.39, 0.29) is 41.1 Å². The minimum atomic E-state index is -2.99. The molecule has 0 aliphatic heterocycles. The third-order valence-electron chi connectivity index (χ3n) is 5.06. The van der Waals surface area contributed by atoms with Crippen LogP contribution in [0.4, 0.5) is 13.2 Å². The van der Waals surface area contributed by atoms with Gasteiger partial charge in [0.15, 0.2) is 0 Å². The van der Waals surface area contributed by atoms with Crippen molar-refractivity contribution in [1.29, 1.82) is 0 Å². The minimum absolute atomic E-state index is 0.0887. The number of alkyl halides is 2. The van der Waals surface area contributed by atoms with E-state index < -0.39 is 11.7 Å². The number of rotatable bonds is 10. The SMILES string of the molecule is CC.CC/C=C\N=C(C)c1c(F)cccc1C(=O)N(CC)[C@@H](C)COc1ccc(C(C)(F)F)cn1. The van der Waals surface area contributed by atoms with Crippen LogP contribution in [-0.2, 0) is 5.92 Å². The van der Waals surface area contributed by atoms with Gasteiger partial charge in [0.05, 0.1) is 11.6 Å². The van der Waals surface area contributed by atoms with Crippen molar-refractivity contribution in [2.75, 3.05) is 13.2 Å². The van der Waals surface area contributed by atoms with Crippen LogP contribution in [0, 0.1) is 5.82 Å². The highest BCUT2D eigenvalue weighted by Gasteiger charge is 2.26. The molecule has 1 amide bonds. The third-order valence-corrected chi connectivity index (χ3v) is 5.06. The lowest BCUT2D eigenvalue weighted by Crippen LogP contribution is -2.42. The molecule has 5 nitrogen and oxygen atoms in total. The number of benzene rings is 1. The van der Waals surface area contributed by atoms with Gasteiger partial charge in [-0.05, 0) is 45.4 Å². The van der Waals surface area contributed by atoms with Crippen LogP contribution >= 0.6 is 0 Å². The summed E-state index contributed by atoms with van der Waals surface area (Å²) in [4.78, 5) is 23.1. The first-order valence-electron chi connectivity index (χ1n) is 11.9. The molecule has 0 spiro atoms. The largest absolute Gasteiger partial charge is 0.475 e. The summed E-state index contributed by atoms with van der Waals surface area (Å²) in [6, 6.07) is 6.60. The van der Waals surface area contributed by atoms with Gasteiger partial charge in [-0.15, -0.1) is 0 Å². The second-order valence-corrected chi connectivity index (χ2v) is 7.69. The van der Waals surface area contributed by atoms with Crippen molar-refractivity contribution in [3.8, 4) is 5.88 Å². The molecule has 1 heterocycles. The molecule has 2 aromatic rings. The minimum Gasteiger partial charge on any atom is -0.475 e. The fraction of sp³-hybridized carbons (Fsp3) is 0.444. The van der Waals surface area contributed by atoms with Crippen molar-refractivity contribution >= 4 is 11.6 Å². The average molecular weight is 492 g/mol. The molecule has 0 fully saturated rings. The molecule has 0 saturated carbocycles. The highest BCUT2D eigenvalue weighted by Crippen LogP contribution is 2.27. The molecule has 0 radical (unpaired) electrons. The van der Waals surface area contributed by atoms with Crippen LogP contribution in [-0.4, -0.2) is 40.7 Å². The lowest BCUT2D eigenvalue weighted by Gasteiger charge is -2.28. The predicted octanol–water partition coefficient (Wildman–Crippen LogP) is 7.02. The van der Waals surface area contributed by atoms with E-state index in [9.17, 15) is 18.0 Å². The van der Waals surface area contributed by atoms with Gasteiger partial charge < -0.3 is 9.64 Å². The molecule has 0 saturated heterocycles. The maximum absolute atomic E-state index is 14.7. The van der Waals surface area contributed by atoms with Gasteiger partial charge in [0.2, 0.25) is 5.88 Å². The molecule has 2 rings (SSSR count). The topological polar surface area (TPSA) is 54.8 Å². The van der Waals surface area contributed by atoms with Crippen molar-refractivity contribution in [2.45, 2.75) is 66.9 Å². The van der Waals surface area contributed by atoms with E-state index in [2.05, 4.69) is 9.98 Å². The second-order valence-electron chi connectivity index (χ2n) is 7.69. The smallest absolute Gasteiger partial charge is 0.272 e. The molecule has 8 heteroatoms. The zero-order valence-corrected chi connectivity index (χ0v) is 21.6. The molecule has 192 valence electrons. The van der Waals surface area contributed by atoms with Gasteiger partial charge in [-0.2, -0.15) is 0 Å². The van der Waals surface area contributed by atoms with Crippen LogP contribution in [0.25, 0.3) is 0 Å². The number of amides is 1. The number of aliphatic imine (C=N–C) groups is 1. The normalized spacial score (nSPS) is 12.7. The second kappa shape index (κ2) is 14.3. The maximum atomic E-state index is 14.7. The Kier molecular flexibility index (Phi) is 12.2. The summed E-state index contributed by atoms with van der Waals surface area (Å²) in [7, 11) is 0.